The smallest absolute Gasteiger partial charge is 0.313 e. The van der Waals surface area contributed by atoms with Crippen LogP contribution >= 0.6 is 0 Å². The lowest BCUT2D eigenvalue weighted by molar-refractivity contribution is -0.142. The fourth-order valence-corrected chi connectivity index (χ4v) is 1.25. The van der Waals surface area contributed by atoms with Crippen molar-refractivity contribution in [2.75, 3.05) is 7.05 Å². The lowest BCUT2D eigenvalue weighted by Crippen LogP contribution is -2.21. The minimum Gasteiger partial charge on any atom is -0.313 e. The quantitative estimate of drug-likeness (QED) is 0.824. The molecule has 1 atom stereocenters. The van der Waals surface area contributed by atoms with Gasteiger partial charge in [-0.1, -0.05) is 0 Å². The minimum atomic E-state index is -4.21. The van der Waals surface area contributed by atoms with E-state index in [1.54, 1.807) is 7.05 Å². The van der Waals surface area contributed by atoms with Crippen LogP contribution in [0.3, 0.4) is 0 Å². The zero-order valence-electron chi connectivity index (χ0n) is 8.41. The maximum absolute atomic E-state index is 12.1. The Kier molecular flexibility index (Phi) is 3.61. The predicted molar refractivity (Wildman–Crippen MR) is 46.0 cm³/mol. The SMILES string of the molecule is CNCc1nnnn1C(C)CC(F)(F)F. The average Bonchev–Trinajstić information content (AvgIpc) is 2.49. The molecule has 5 nitrogen and oxygen atoms in total. The molecule has 0 amide bonds. The highest BCUT2D eigenvalue weighted by atomic mass is 19.4. The summed E-state index contributed by atoms with van der Waals surface area (Å²) in [6, 6.07) is -0.789. The van der Waals surface area contributed by atoms with Crippen molar-refractivity contribution in [3.8, 4) is 0 Å². The van der Waals surface area contributed by atoms with Gasteiger partial charge in [0.2, 0.25) is 0 Å². The molecule has 86 valence electrons. The molecule has 0 spiro atoms. The highest BCUT2D eigenvalue weighted by Crippen LogP contribution is 2.27. The fraction of sp³-hybridized carbons (Fsp3) is 0.857. The lowest BCUT2D eigenvalue weighted by Gasteiger charge is -2.15. The van der Waals surface area contributed by atoms with Crippen LogP contribution in [0.5, 0.6) is 0 Å². The summed E-state index contributed by atoms with van der Waals surface area (Å²) in [6.07, 6.45) is -5.14. The van der Waals surface area contributed by atoms with Crippen molar-refractivity contribution in [1.82, 2.24) is 25.5 Å². The number of hydrogen-bond donors (Lipinski definition) is 1. The van der Waals surface area contributed by atoms with Gasteiger partial charge in [0, 0.05) is 0 Å². The summed E-state index contributed by atoms with van der Waals surface area (Å²) >= 11 is 0. The van der Waals surface area contributed by atoms with E-state index < -0.39 is 18.6 Å². The minimum absolute atomic E-state index is 0.342. The molecule has 0 aliphatic rings. The first-order valence-electron chi connectivity index (χ1n) is 4.42. The van der Waals surface area contributed by atoms with Crippen LogP contribution in [-0.2, 0) is 6.54 Å². The zero-order chi connectivity index (χ0) is 11.5. The Balaban J connectivity index is 2.72. The Bertz CT molecular complexity index is 308. The second kappa shape index (κ2) is 4.56. The molecule has 0 aromatic carbocycles. The van der Waals surface area contributed by atoms with Gasteiger partial charge in [0.1, 0.15) is 0 Å². The lowest BCUT2D eigenvalue weighted by atomic mass is 10.2. The number of rotatable bonds is 4. The van der Waals surface area contributed by atoms with E-state index in [9.17, 15) is 13.2 Å². The molecule has 1 N–H and O–H groups in total. The standard InChI is InChI=1S/C7H12F3N5/c1-5(3-7(8,9)10)15-6(4-11-2)12-13-14-15/h5,11H,3-4H2,1-2H3. The van der Waals surface area contributed by atoms with E-state index in [1.807, 2.05) is 0 Å². The Morgan fingerprint density at radius 1 is 1.47 bits per heavy atom. The third-order valence-electron chi connectivity index (χ3n) is 1.84. The van der Waals surface area contributed by atoms with E-state index in [4.69, 9.17) is 0 Å². The maximum atomic E-state index is 12.1. The van der Waals surface area contributed by atoms with Crippen molar-refractivity contribution in [3.05, 3.63) is 5.82 Å². The van der Waals surface area contributed by atoms with Gasteiger partial charge >= 0.3 is 6.18 Å². The van der Waals surface area contributed by atoms with Gasteiger partial charge in [-0.15, -0.1) is 5.10 Å². The molecule has 0 saturated heterocycles. The third-order valence-corrected chi connectivity index (χ3v) is 1.84. The molecular weight excluding hydrogens is 211 g/mol. The van der Waals surface area contributed by atoms with Crippen molar-refractivity contribution < 1.29 is 13.2 Å². The molecule has 15 heavy (non-hydrogen) atoms. The first-order valence-corrected chi connectivity index (χ1v) is 4.42. The topological polar surface area (TPSA) is 55.6 Å². The van der Waals surface area contributed by atoms with Gasteiger partial charge in [0.05, 0.1) is 19.0 Å². The van der Waals surface area contributed by atoms with Crippen LogP contribution in [0.1, 0.15) is 25.2 Å². The monoisotopic (exact) mass is 223 g/mol. The molecule has 0 aliphatic carbocycles. The summed E-state index contributed by atoms with van der Waals surface area (Å²) in [7, 11) is 1.67. The molecular formula is C7H12F3N5. The molecule has 1 rings (SSSR count). The largest absolute Gasteiger partial charge is 0.391 e. The number of tetrazole rings is 1. The first kappa shape index (κ1) is 11.9. The Labute approximate surface area is 84.7 Å². The maximum Gasteiger partial charge on any atom is 0.391 e. The number of nitrogens with zero attached hydrogens (tertiary/aromatic N) is 4. The number of halogens is 3. The van der Waals surface area contributed by atoms with Gasteiger partial charge in [-0.3, -0.25) is 0 Å². The van der Waals surface area contributed by atoms with Gasteiger partial charge in [0.25, 0.3) is 0 Å². The van der Waals surface area contributed by atoms with E-state index in [2.05, 4.69) is 20.8 Å². The van der Waals surface area contributed by atoms with Crippen LogP contribution < -0.4 is 5.32 Å². The number of alkyl halides is 3. The molecule has 0 fully saturated rings. The molecule has 1 unspecified atom stereocenters. The van der Waals surface area contributed by atoms with Gasteiger partial charge < -0.3 is 5.32 Å². The van der Waals surface area contributed by atoms with Gasteiger partial charge in [-0.25, -0.2) is 4.68 Å². The molecule has 0 bridgehead atoms. The van der Waals surface area contributed by atoms with Crippen LogP contribution in [0.4, 0.5) is 13.2 Å². The van der Waals surface area contributed by atoms with Crippen molar-refractivity contribution in [3.63, 3.8) is 0 Å². The van der Waals surface area contributed by atoms with Crippen LogP contribution in [0, 0.1) is 0 Å². The summed E-state index contributed by atoms with van der Waals surface area (Å²) in [6.45, 7) is 1.78. The highest BCUT2D eigenvalue weighted by molar-refractivity contribution is 4.83. The van der Waals surface area contributed by atoms with Crippen LogP contribution in [0.25, 0.3) is 0 Å². The van der Waals surface area contributed by atoms with E-state index in [0.717, 1.165) is 0 Å². The molecule has 1 aromatic heterocycles. The van der Waals surface area contributed by atoms with Crippen molar-refractivity contribution in [2.45, 2.75) is 32.1 Å². The predicted octanol–water partition coefficient (Wildman–Crippen LogP) is 0.906. The molecule has 0 aliphatic heterocycles. The van der Waals surface area contributed by atoms with E-state index in [1.165, 1.54) is 11.6 Å². The van der Waals surface area contributed by atoms with Crippen LogP contribution in [0.15, 0.2) is 0 Å². The van der Waals surface area contributed by atoms with Crippen molar-refractivity contribution in [2.24, 2.45) is 0 Å². The van der Waals surface area contributed by atoms with Crippen LogP contribution in [0.2, 0.25) is 0 Å². The summed E-state index contributed by atoms with van der Waals surface area (Å²) in [5.41, 5.74) is 0. The molecule has 1 heterocycles. The van der Waals surface area contributed by atoms with E-state index in [0.29, 0.717) is 12.4 Å². The summed E-state index contributed by atoms with van der Waals surface area (Å²) < 4.78 is 37.5. The molecule has 0 saturated carbocycles. The summed E-state index contributed by atoms with van der Waals surface area (Å²) in [4.78, 5) is 0. The number of nitrogens with one attached hydrogen (secondary N) is 1. The normalized spacial score (nSPS) is 14.2. The Morgan fingerprint density at radius 2 is 2.13 bits per heavy atom. The number of aromatic nitrogens is 4. The second-order valence-electron chi connectivity index (χ2n) is 3.24. The Morgan fingerprint density at radius 3 is 2.67 bits per heavy atom. The van der Waals surface area contributed by atoms with E-state index >= 15 is 0 Å². The van der Waals surface area contributed by atoms with Gasteiger partial charge in [-0.05, 0) is 24.4 Å². The molecule has 8 heteroatoms. The first-order chi connectivity index (χ1) is 6.94. The third kappa shape index (κ3) is 3.46. The van der Waals surface area contributed by atoms with Crippen LogP contribution in [-0.4, -0.2) is 33.4 Å². The van der Waals surface area contributed by atoms with Gasteiger partial charge in [0.15, 0.2) is 5.82 Å². The summed E-state index contributed by atoms with van der Waals surface area (Å²) in [5.74, 6) is 0.397. The van der Waals surface area contributed by atoms with Gasteiger partial charge in [-0.2, -0.15) is 13.2 Å². The van der Waals surface area contributed by atoms with Crippen molar-refractivity contribution >= 4 is 0 Å². The second-order valence-corrected chi connectivity index (χ2v) is 3.24. The summed E-state index contributed by atoms with van der Waals surface area (Å²) in [5, 5.41) is 13.3. The molecule has 0 radical (unpaired) electrons. The van der Waals surface area contributed by atoms with Crippen molar-refractivity contribution in [1.29, 1.82) is 0 Å². The molecule has 1 aromatic rings. The number of hydrogen-bond acceptors (Lipinski definition) is 4. The zero-order valence-corrected chi connectivity index (χ0v) is 8.41. The highest BCUT2D eigenvalue weighted by Gasteiger charge is 2.31. The van der Waals surface area contributed by atoms with E-state index in [-0.39, 0.29) is 0 Å². The Hall–Kier alpha value is -1.18. The fourth-order valence-electron chi connectivity index (χ4n) is 1.25. The average molecular weight is 223 g/mol.